The maximum Gasteiger partial charge on any atom is 0.138 e. The lowest BCUT2D eigenvalue weighted by Crippen LogP contribution is -2.25. The lowest BCUT2D eigenvalue weighted by Gasteiger charge is -2.21. The molecule has 0 unspecified atom stereocenters. The number of rotatable bonds is 3. The third kappa shape index (κ3) is 2.64. The maximum absolute atomic E-state index is 9.25. The first-order valence-electron chi connectivity index (χ1n) is 4.78. The molecule has 0 fully saturated rings. The van der Waals surface area contributed by atoms with Crippen molar-refractivity contribution in [3.8, 4) is 5.75 Å². The molecule has 3 heteroatoms. The van der Waals surface area contributed by atoms with Crippen molar-refractivity contribution in [3.05, 3.63) is 23.8 Å². The lowest BCUT2D eigenvalue weighted by molar-refractivity contribution is 0.266. The van der Waals surface area contributed by atoms with E-state index in [2.05, 4.69) is 25.8 Å². The fraction of sp³-hybridized carbons (Fsp3) is 0.455. The van der Waals surface area contributed by atoms with Gasteiger partial charge in [-0.3, -0.25) is 4.90 Å². The molecule has 0 spiro atoms. The zero-order valence-electron chi connectivity index (χ0n) is 8.99. The molecule has 0 amide bonds. The van der Waals surface area contributed by atoms with E-state index in [9.17, 15) is 5.11 Å². The molecule has 0 saturated carbocycles. The van der Waals surface area contributed by atoms with Crippen LogP contribution in [-0.2, 0) is 6.54 Å². The molecule has 0 saturated heterocycles. The van der Waals surface area contributed by atoms with Crippen molar-refractivity contribution in [2.45, 2.75) is 26.4 Å². The first-order valence-corrected chi connectivity index (χ1v) is 4.78. The molecule has 0 aliphatic carbocycles. The van der Waals surface area contributed by atoms with Crippen LogP contribution in [0.2, 0.25) is 0 Å². The highest BCUT2D eigenvalue weighted by Gasteiger charge is 2.05. The molecule has 3 nitrogen and oxygen atoms in total. The minimum Gasteiger partial charge on any atom is -0.506 e. The minimum absolute atomic E-state index is 0.154. The molecule has 0 aliphatic rings. The first-order chi connectivity index (χ1) is 6.50. The average Bonchev–Trinajstić information content (AvgIpc) is 2.11. The van der Waals surface area contributed by atoms with E-state index in [1.165, 1.54) is 0 Å². The zero-order chi connectivity index (χ0) is 10.7. The van der Waals surface area contributed by atoms with Gasteiger partial charge in [-0.2, -0.15) is 0 Å². The van der Waals surface area contributed by atoms with Gasteiger partial charge in [-0.25, -0.2) is 0 Å². The van der Waals surface area contributed by atoms with Gasteiger partial charge >= 0.3 is 0 Å². The second-order valence-corrected chi connectivity index (χ2v) is 3.90. The predicted molar refractivity (Wildman–Crippen MR) is 59.1 cm³/mol. The highest BCUT2D eigenvalue weighted by atomic mass is 16.3. The fourth-order valence-electron chi connectivity index (χ4n) is 1.17. The Hall–Kier alpha value is -1.22. The third-order valence-corrected chi connectivity index (χ3v) is 2.41. The molecule has 1 aromatic rings. The van der Waals surface area contributed by atoms with E-state index in [1.54, 1.807) is 6.07 Å². The van der Waals surface area contributed by atoms with Crippen molar-refractivity contribution in [1.29, 1.82) is 0 Å². The number of anilines is 1. The smallest absolute Gasteiger partial charge is 0.138 e. The standard InChI is InChI=1S/C11H18N2O/c1-8(2)13(3)7-9-4-5-11(14)10(12)6-9/h4-6,8,14H,7,12H2,1-3H3. The number of benzene rings is 1. The van der Waals surface area contributed by atoms with Gasteiger partial charge in [0.15, 0.2) is 0 Å². The van der Waals surface area contributed by atoms with Crippen LogP contribution in [0.25, 0.3) is 0 Å². The lowest BCUT2D eigenvalue weighted by atomic mass is 10.1. The topological polar surface area (TPSA) is 49.5 Å². The molecule has 14 heavy (non-hydrogen) atoms. The van der Waals surface area contributed by atoms with E-state index in [1.807, 2.05) is 12.1 Å². The molecular formula is C11H18N2O. The van der Waals surface area contributed by atoms with Crippen LogP contribution >= 0.6 is 0 Å². The zero-order valence-corrected chi connectivity index (χ0v) is 8.99. The van der Waals surface area contributed by atoms with E-state index in [-0.39, 0.29) is 5.75 Å². The number of phenols is 1. The Morgan fingerprint density at radius 2 is 2.07 bits per heavy atom. The van der Waals surface area contributed by atoms with Crippen LogP contribution in [0.15, 0.2) is 18.2 Å². The van der Waals surface area contributed by atoms with Gasteiger partial charge in [0.2, 0.25) is 0 Å². The normalized spacial score (nSPS) is 11.2. The summed E-state index contributed by atoms with van der Waals surface area (Å²) in [6.07, 6.45) is 0. The van der Waals surface area contributed by atoms with Crippen LogP contribution in [0.4, 0.5) is 5.69 Å². The van der Waals surface area contributed by atoms with Crippen molar-refractivity contribution in [2.75, 3.05) is 12.8 Å². The Labute approximate surface area is 85.2 Å². The van der Waals surface area contributed by atoms with Crippen LogP contribution in [0, 0.1) is 0 Å². The van der Waals surface area contributed by atoms with Crippen molar-refractivity contribution >= 4 is 5.69 Å². The Kier molecular flexibility index (Phi) is 3.36. The highest BCUT2D eigenvalue weighted by molar-refractivity contribution is 5.53. The number of aromatic hydroxyl groups is 1. The number of nitrogens with zero attached hydrogens (tertiary/aromatic N) is 1. The molecule has 0 bridgehead atoms. The van der Waals surface area contributed by atoms with E-state index in [4.69, 9.17) is 5.73 Å². The summed E-state index contributed by atoms with van der Waals surface area (Å²) in [6, 6.07) is 5.85. The van der Waals surface area contributed by atoms with E-state index in [0.29, 0.717) is 11.7 Å². The summed E-state index contributed by atoms with van der Waals surface area (Å²) in [5, 5.41) is 9.25. The van der Waals surface area contributed by atoms with Crippen LogP contribution < -0.4 is 5.73 Å². The second kappa shape index (κ2) is 4.33. The largest absolute Gasteiger partial charge is 0.506 e. The summed E-state index contributed by atoms with van der Waals surface area (Å²) in [6.45, 7) is 5.13. The summed E-state index contributed by atoms with van der Waals surface area (Å²) < 4.78 is 0. The van der Waals surface area contributed by atoms with Gasteiger partial charge in [0, 0.05) is 12.6 Å². The Balaban J connectivity index is 2.73. The summed E-state index contributed by atoms with van der Waals surface area (Å²) in [7, 11) is 2.06. The van der Waals surface area contributed by atoms with Crippen molar-refractivity contribution < 1.29 is 5.11 Å². The van der Waals surface area contributed by atoms with Crippen LogP contribution in [0.5, 0.6) is 5.75 Å². The van der Waals surface area contributed by atoms with Crippen LogP contribution in [-0.4, -0.2) is 23.1 Å². The maximum atomic E-state index is 9.25. The van der Waals surface area contributed by atoms with Gasteiger partial charge < -0.3 is 10.8 Å². The Morgan fingerprint density at radius 3 is 2.57 bits per heavy atom. The van der Waals surface area contributed by atoms with E-state index >= 15 is 0 Å². The molecular weight excluding hydrogens is 176 g/mol. The molecule has 1 rings (SSSR count). The third-order valence-electron chi connectivity index (χ3n) is 2.41. The predicted octanol–water partition coefficient (Wildman–Crippen LogP) is 1.81. The molecule has 0 radical (unpaired) electrons. The van der Waals surface area contributed by atoms with E-state index in [0.717, 1.165) is 12.1 Å². The Morgan fingerprint density at radius 1 is 1.43 bits per heavy atom. The highest BCUT2D eigenvalue weighted by Crippen LogP contribution is 2.21. The first kappa shape index (κ1) is 10.9. The van der Waals surface area contributed by atoms with Crippen molar-refractivity contribution in [3.63, 3.8) is 0 Å². The van der Waals surface area contributed by atoms with Crippen molar-refractivity contribution in [2.24, 2.45) is 0 Å². The second-order valence-electron chi connectivity index (χ2n) is 3.90. The number of nitrogens with two attached hydrogens (primary N) is 1. The molecule has 0 atom stereocenters. The SMILES string of the molecule is CC(C)N(C)Cc1ccc(O)c(N)c1. The summed E-state index contributed by atoms with van der Waals surface area (Å²) in [4.78, 5) is 2.21. The average molecular weight is 194 g/mol. The molecule has 78 valence electrons. The molecule has 3 N–H and O–H groups in total. The number of hydrogen-bond acceptors (Lipinski definition) is 3. The monoisotopic (exact) mass is 194 g/mol. The number of hydrogen-bond donors (Lipinski definition) is 2. The molecule has 0 aliphatic heterocycles. The molecule has 1 aromatic carbocycles. The quantitative estimate of drug-likeness (QED) is 0.570. The van der Waals surface area contributed by atoms with Crippen LogP contribution in [0.3, 0.4) is 0 Å². The molecule has 0 heterocycles. The summed E-state index contributed by atoms with van der Waals surface area (Å²) in [5.74, 6) is 0.154. The van der Waals surface area contributed by atoms with Gasteiger partial charge in [0.05, 0.1) is 5.69 Å². The van der Waals surface area contributed by atoms with Gasteiger partial charge in [0.1, 0.15) is 5.75 Å². The Bertz CT molecular complexity index is 310. The molecule has 0 aromatic heterocycles. The van der Waals surface area contributed by atoms with Crippen LogP contribution in [0.1, 0.15) is 19.4 Å². The van der Waals surface area contributed by atoms with Gasteiger partial charge in [0.25, 0.3) is 0 Å². The summed E-state index contributed by atoms with van der Waals surface area (Å²) >= 11 is 0. The van der Waals surface area contributed by atoms with Crippen molar-refractivity contribution in [1.82, 2.24) is 4.90 Å². The van der Waals surface area contributed by atoms with Gasteiger partial charge in [-0.05, 0) is 38.6 Å². The summed E-state index contributed by atoms with van der Waals surface area (Å²) in [5.41, 5.74) is 7.17. The van der Waals surface area contributed by atoms with E-state index < -0.39 is 0 Å². The minimum atomic E-state index is 0.154. The van der Waals surface area contributed by atoms with Gasteiger partial charge in [-0.1, -0.05) is 6.07 Å². The number of phenolic OH excluding ortho intramolecular Hbond substituents is 1. The fourth-order valence-corrected chi connectivity index (χ4v) is 1.17. The number of nitrogen functional groups attached to an aromatic ring is 1. The van der Waals surface area contributed by atoms with Gasteiger partial charge in [-0.15, -0.1) is 0 Å².